The number of nitrogens with zero attached hydrogens (tertiary/aromatic N) is 4. The summed E-state index contributed by atoms with van der Waals surface area (Å²) in [5.74, 6) is 0.688. The second kappa shape index (κ2) is 3.79. The smallest absolute Gasteiger partial charge is 0.223 e. The van der Waals surface area contributed by atoms with Crippen LogP contribution >= 0.6 is 0 Å². The van der Waals surface area contributed by atoms with E-state index in [9.17, 15) is 0 Å². The lowest BCUT2D eigenvalue weighted by molar-refractivity contribution is 1.06. The van der Waals surface area contributed by atoms with Crippen molar-refractivity contribution in [3.63, 3.8) is 0 Å². The molecule has 0 amide bonds. The van der Waals surface area contributed by atoms with Crippen LogP contribution in [-0.4, -0.2) is 19.9 Å². The van der Waals surface area contributed by atoms with Crippen molar-refractivity contribution in [3.05, 3.63) is 42.7 Å². The minimum Gasteiger partial charge on any atom is -0.368 e. The van der Waals surface area contributed by atoms with Crippen LogP contribution in [0.25, 0.3) is 22.4 Å². The number of para-hydroxylation sites is 1. The van der Waals surface area contributed by atoms with Crippen molar-refractivity contribution in [2.75, 3.05) is 5.73 Å². The molecular weight excluding hydrogens is 214 g/mol. The molecule has 0 aliphatic carbocycles. The van der Waals surface area contributed by atoms with Crippen molar-refractivity contribution in [3.8, 4) is 11.5 Å². The Morgan fingerprint density at radius 2 is 1.76 bits per heavy atom. The lowest BCUT2D eigenvalue weighted by Gasteiger charge is -2.01. The molecule has 82 valence electrons. The highest BCUT2D eigenvalue weighted by Gasteiger charge is 2.04. The van der Waals surface area contributed by atoms with Crippen LogP contribution in [0.3, 0.4) is 0 Å². The maximum atomic E-state index is 5.52. The van der Waals surface area contributed by atoms with Crippen LogP contribution < -0.4 is 5.73 Å². The largest absolute Gasteiger partial charge is 0.368 e. The molecule has 0 spiro atoms. The van der Waals surface area contributed by atoms with Gasteiger partial charge in [0.25, 0.3) is 0 Å². The number of hydrogen-bond donors (Lipinski definition) is 1. The van der Waals surface area contributed by atoms with Gasteiger partial charge in [-0.3, -0.25) is 0 Å². The summed E-state index contributed by atoms with van der Waals surface area (Å²) >= 11 is 0. The molecule has 0 bridgehead atoms. The third kappa shape index (κ3) is 1.78. The molecule has 0 aliphatic heterocycles. The van der Waals surface area contributed by atoms with Crippen molar-refractivity contribution >= 4 is 16.9 Å². The van der Waals surface area contributed by atoms with E-state index in [4.69, 9.17) is 5.73 Å². The van der Waals surface area contributed by atoms with Crippen LogP contribution in [0.2, 0.25) is 0 Å². The number of rotatable bonds is 1. The van der Waals surface area contributed by atoms with Gasteiger partial charge in [0.15, 0.2) is 5.82 Å². The fourth-order valence-electron chi connectivity index (χ4n) is 1.62. The van der Waals surface area contributed by atoms with E-state index in [2.05, 4.69) is 19.9 Å². The number of pyridine rings is 1. The molecule has 0 fully saturated rings. The second-order valence-corrected chi connectivity index (χ2v) is 3.56. The first kappa shape index (κ1) is 9.65. The van der Waals surface area contributed by atoms with Crippen LogP contribution in [-0.2, 0) is 0 Å². The molecule has 3 rings (SSSR count). The molecule has 0 aliphatic rings. The molecule has 2 heterocycles. The monoisotopic (exact) mass is 223 g/mol. The number of aromatic nitrogens is 4. The fourth-order valence-corrected chi connectivity index (χ4v) is 1.62. The van der Waals surface area contributed by atoms with Crippen LogP contribution in [0.15, 0.2) is 42.7 Å². The highest BCUT2D eigenvalue weighted by molar-refractivity contribution is 5.80. The molecule has 0 saturated carbocycles. The Kier molecular flexibility index (Phi) is 2.15. The summed E-state index contributed by atoms with van der Waals surface area (Å²) in [6.07, 6.45) is 1.38. The Bertz CT molecular complexity index is 680. The normalized spacial score (nSPS) is 10.6. The summed E-state index contributed by atoms with van der Waals surface area (Å²) < 4.78 is 0. The molecule has 1 aromatic carbocycles. The molecule has 5 nitrogen and oxygen atoms in total. The number of hydrogen-bond acceptors (Lipinski definition) is 5. The summed E-state index contributed by atoms with van der Waals surface area (Å²) in [5.41, 5.74) is 7.12. The SMILES string of the molecule is Nc1ncnc(-c2ccc3ccccc3n2)n1. The van der Waals surface area contributed by atoms with Crippen LogP contribution in [0.1, 0.15) is 0 Å². The molecule has 2 aromatic heterocycles. The summed E-state index contributed by atoms with van der Waals surface area (Å²) in [5, 5.41) is 1.08. The Labute approximate surface area is 97.4 Å². The zero-order chi connectivity index (χ0) is 11.7. The summed E-state index contributed by atoms with van der Waals surface area (Å²) in [6, 6.07) is 11.7. The molecule has 0 unspecified atom stereocenters. The Morgan fingerprint density at radius 3 is 2.65 bits per heavy atom. The van der Waals surface area contributed by atoms with Gasteiger partial charge in [-0.25, -0.2) is 15.0 Å². The number of nitrogen functional groups attached to an aromatic ring is 1. The third-order valence-electron chi connectivity index (χ3n) is 2.42. The predicted octanol–water partition coefficient (Wildman–Crippen LogP) is 1.67. The van der Waals surface area contributed by atoms with E-state index in [1.54, 1.807) is 0 Å². The van der Waals surface area contributed by atoms with E-state index in [1.165, 1.54) is 6.33 Å². The zero-order valence-electron chi connectivity index (χ0n) is 8.91. The first-order valence-corrected chi connectivity index (χ1v) is 5.13. The van der Waals surface area contributed by atoms with Crippen molar-refractivity contribution in [1.82, 2.24) is 19.9 Å². The van der Waals surface area contributed by atoms with E-state index in [1.807, 2.05) is 36.4 Å². The summed E-state index contributed by atoms with van der Waals surface area (Å²) in [7, 11) is 0. The van der Waals surface area contributed by atoms with Crippen molar-refractivity contribution in [2.45, 2.75) is 0 Å². The van der Waals surface area contributed by atoms with Crippen LogP contribution in [0, 0.1) is 0 Å². The van der Waals surface area contributed by atoms with E-state index in [-0.39, 0.29) is 5.95 Å². The molecule has 17 heavy (non-hydrogen) atoms. The van der Waals surface area contributed by atoms with Gasteiger partial charge in [-0.2, -0.15) is 4.98 Å². The molecule has 5 heteroatoms. The first-order valence-electron chi connectivity index (χ1n) is 5.13. The quantitative estimate of drug-likeness (QED) is 0.679. The van der Waals surface area contributed by atoms with Gasteiger partial charge in [-0.1, -0.05) is 24.3 Å². The summed E-state index contributed by atoms with van der Waals surface area (Å²) in [6.45, 7) is 0. The average Bonchev–Trinajstić information content (AvgIpc) is 2.38. The fraction of sp³-hybridized carbons (Fsp3) is 0. The lowest BCUT2D eigenvalue weighted by Crippen LogP contribution is -1.99. The minimum absolute atomic E-state index is 0.199. The van der Waals surface area contributed by atoms with Gasteiger partial charge >= 0.3 is 0 Å². The van der Waals surface area contributed by atoms with Crippen molar-refractivity contribution in [1.29, 1.82) is 0 Å². The Balaban J connectivity index is 2.18. The summed E-state index contributed by atoms with van der Waals surface area (Å²) in [4.78, 5) is 16.3. The highest BCUT2D eigenvalue weighted by atomic mass is 15.1. The van der Waals surface area contributed by atoms with Gasteiger partial charge in [0, 0.05) is 5.39 Å². The number of nitrogens with two attached hydrogens (primary N) is 1. The highest BCUT2D eigenvalue weighted by Crippen LogP contribution is 2.17. The maximum absolute atomic E-state index is 5.52. The maximum Gasteiger partial charge on any atom is 0.223 e. The zero-order valence-corrected chi connectivity index (χ0v) is 8.91. The number of anilines is 1. The lowest BCUT2D eigenvalue weighted by atomic mass is 10.2. The van der Waals surface area contributed by atoms with Crippen LogP contribution in [0.5, 0.6) is 0 Å². The molecule has 3 aromatic rings. The first-order chi connectivity index (χ1) is 8.33. The van der Waals surface area contributed by atoms with Gasteiger partial charge in [0.1, 0.15) is 12.0 Å². The Hall–Kier alpha value is -2.56. The second-order valence-electron chi connectivity index (χ2n) is 3.56. The van der Waals surface area contributed by atoms with Crippen molar-refractivity contribution < 1.29 is 0 Å². The molecule has 2 N–H and O–H groups in total. The third-order valence-corrected chi connectivity index (χ3v) is 2.42. The average molecular weight is 223 g/mol. The van der Waals surface area contributed by atoms with Gasteiger partial charge in [-0.15, -0.1) is 0 Å². The van der Waals surface area contributed by atoms with Gasteiger partial charge in [-0.05, 0) is 12.1 Å². The van der Waals surface area contributed by atoms with Crippen LogP contribution in [0.4, 0.5) is 5.95 Å². The van der Waals surface area contributed by atoms with E-state index in [0.29, 0.717) is 11.5 Å². The Morgan fingerprint density at radius 1 is 0.882 bits per heavy atom. The predicted molar refractivity (Wildman–Crippen MR) is 65.0 cm³/mol. The number of fused-ring (bicyclic) bond motifs is 1. The van der Waals surface area contributed by atoms with Gasteiger partial charge < -0.3 is 5.73 Å². The standard InChI is InChI=1S/C12H9N5/c13-12-15-7-14-11(17-12)10-6-5-8-3-1-2-4-9(8)16-10/h1-7H,(H2,13,14,15,17). The van der Waals surface area contributed by atoms with E-state index < -0.39 is 0 Å². The van der Waals surface area contributed by atoms with Gasteiger partial charge in [0.05, 0.1) is 5.52 Å². The minimum atomic E-state index is 0.199. The topological polar surface area (TPSA) is 77.6 Å². The number of benzene rings is 1. The van der Waals surface area contributed by atoms with Gasteiger partial charge in [0.2, 0.25) is 5.95 Å². The molecule has 0 saturated heterocycles. The molecule has 0 radical (unpaired) electrons. The molecular formula is C12H9N5. The molecule has 0 atom stereocenters. The van der Waals surface area contributed by atoms with E-state index in [0.717, 1.165) is 10.9 Å². The van der Waals surface area contributed by atoms with Crippen molar-refractivity contribution in [2.24, 2.45) is 0 Å². The van der Waals surface area contributed by atoms with E-state index >= 15 is 0 Å².